The van der Waals surface area contributed by atoms with Crippen molar-refractivity contribution in [2.75, 3.05) is 26.2 Å². The van der Waals surface area contributed by atoms with E-state index in [1.165, 1.54) is 0 Å². The number of hydrogen-bond acceptors (Lipinski definition) is 3. The number of rotatable bonds is 3. The molecule has 0 radical (unpaired) electrons. The fourth-order valence-electron chi connectivity index (χ4n) is 2.24. The van der Waals surface area contributed by atoms with E-state index in [-0.39, 0.29) is 12.0 Å². The minimum Gasteiger partial charge on any atom is -0.396 e. The smallest absolute Gasteiger partial charge is 0.0718 e. The maximum atomic E-state index is 9.71. The lowest BCUT2D eigenvalue weighted by Gasteiger charge is -2.41. The van der Waals surface area contributed by atoms with Crippen molar-refractivity contribution in [3.8, 4) is 0 Å². The second-order valence-electron chi connectivity index (χ2n) is 5.60. The number of hydrogen-bond donors (Lipinski definition) is 2. The predicted molar refractivity (Wildman–Crippen MR) is 57.2 cm³/mol. The van der Waals surface area contributed by atoms with Crippen LogP contribution in [0.3, 0.4) is 0 Å². The highest BCUT2D eigenvalue weighted by Gasteiger charge is 2.32. The zero-order chi connectivity index (χ0) is 10.8. The van der Waals surface area contributed by atoms with E-state index in [2.05, 4.69) is 11.8 Å². The van der Waals surface area contributed by atoms with Gasteiger partial charge in [0.2, 0.25) is 0 Å². The van der Waals surface area contributed by atoms with Gasteiger partial charge >= 0.3 is 0 Å². The first-order chi connectivity index (χ1) is 6.35. The monoisotopic (exact) mass is 201 g/mol. The van der Waals surface area contributed by atoms with Crippen LogP contribution in [0.15, 0.2) is 0 Å². The van der Waals surface area contributed by atoms with Crippen LogP contribution < -0.4 is 0 Å². The minimum absolute atomic E-state index is 0.0312. The Labute approximate surface area is 86.7 Å². The van der Waals surface area contributed by atoms with Crippen LogP contribution in [0.2, 0.25) is 0 Å². The standard InChI is InChI=1S/C11H23NO2/c1-10(2,14)7-12-6-4-5-11(3,8-12)9-13/h13-14H,4-9H2,1-3H3. The van der Waals surface area contributed by atoms with E-state index in [1.54, 1.807) is 0 Å². The number of aliphatic hydroxyl groups excluding tert-OH is 1. The van der Waals surface area contributed by atoms with Crippen LogP contribution in [0.25, 0.3) is 0 Å². The highest BCUT2D eigenvalue weighted by Crippen LogP contribution is 2.29. The highest BCUT2D eigenvalue weighted by atomic mass is 16.3. The summed E-state index contributed by atoms with van der Waals surface area (Å²) >= 11 is 0. The average molecular weight is 201 g/mol. The third-order valence-electron chi connectivity index (χ3n) is 2.85. The number of aliphatic hydroxyl groups is 2. The van der Waals surface area contributed by atoms with Gasteiger partial charge in [-0.25, -0.2) is 0 Å². The largest absolute Gasteiger partial charge is 0.396 e. The van der Waals surface area contributed by atoms with Crippen molar-refractivity contribution in [3.63, 3.8) is 0 Å². The molecule has 1 atom stereocenters. The summed E-state index contributed by atoms with van der Waals surface area (Å²) in [4.78, 5) is 2.25. The van der Waals surface area contributed by atoms with Gasteiger partial charge in [-0.3, -0.25) is 4.90 Å². The lowest BCUT2D eigenvalue weighted by molar-refractivity contribution is -0.00992. The molecule has 1 unspecified atom stereocenters. The number of β-amino-alcohol motifs (C(OH)–C–C–N with tert-alkyl or cyclic N) is 1. The molecular weight excluding hydrogens is 178 g/mol. The lowest BCUT2D eigenvalue weighted by Crippen LogP contribution is -2.48. The van der Waals surface area contributed by atoms with Crippen LogP contribution in [-0.2, 0) is 0 Å². The molecular formula is C11H23NO2. The molecule has 14 heavy (non-hydrogen) atoms. The van der Waals surface area contributed by atoms with Gasteiger partial charge in [-0.2, -0.15) is 0 Å². The van der Waals surface area contributed by atoms with E-state index in [4.69, 9.17) is 0 Å². The van der Waals surface area contributed by atoms with Crippen LogP contribution in [0.4, 0.5) is 0 Å². The molecule has 1 aliphatic heterocycles. The van der Waals surface area contributed by atoms with Crippen LogP contribution in [0, 0.1) is 5.41 Å². The van der Waals surface area contributed by atoms with Gasteiger partial charge < -0.3 is 10.2 Å². The molecule has 0 saturated carbocycles. The Morgan fingerprint density at radius 2 is 2.07 bits per heavy atom. The van der Waals surface area contributed by atoms with E-state index in [9.17, 15) is 10.2 Å². The summed E-state index contributed by atoms with van der Waals surface area (Å²) in [5, 5.41) is 19.0. The predicted octanol–water partition coefficient (Wildman–Crippen LogP) is 0.852. The molecule has 84 valence electrons. The van der Waals surface area contributed by atoms with E-state index in [0.717, 1.165) is 25.9 Å². The Balaban J connectivity index is 2.48. The Bertz CT molecular complexity index is 188. The van der Waals surface area contributed by atoms with Crippen LogP contribution in [0.1, 0.15) is 33.6 Å². The molecule has 1 heterocycles. The molecule has 1 fully saturated rings. The third kappa shape index (κ3) is 3.56. The summed E-state index contributed by atoms with van der Waals surface area (Å²) < 4.78 is 0. The molecule has 1 rings (SSSR count). The fraction of sp³-hybridized carbons (Fsp3) is 1.00. The summed E-state index contributed by atoms with van der Waals surface area (Å²) in [6.45, 7) is 8.66. The van der Waals surface area contributed by atoms with Gasteiger partial charge in [-0.15, -0.1) is 0 Å². The number of piperidine rings is 1. The first-order valence-corrected chi connectivity index (χ1v) is 5.40. The molecule has 0 amide bonds. The quantitative estimate of drug-likeness (QED) is 0.711. The molecule has 0 aromatic rings. The van der Waals surface area contributed by atoms with E-state index >= 15 is 0 Å². The molecule has 0 aromatic heterocycles. The molecule has 1 saturated heterocycles. The van der Waals surface area contributed by atoms with Crippen molar-refractivity contribution in [2.45, 2.75) is 39.2 Å². The Morgan fingerprint density at radius 3 is 2.57 bits per heavy atom. The van der Waals surface area contributed by atoms with Gasteiger partial charge in [0, 0.05) is 25.1 Å². The second-order valence-corrected chi connectivity index (χ2v) is 5.60. The van der Waals surface area contributed by atoms with Gasteiger partial charge in [-0.1, -0.05) is 6.92 Å². The molecule has 3 heteroatoms. The summed E-state index contributed by atoms with van der Waals surface area (Å²) in [5.41, 5.74) is -0.600. The number of likely N-dealkylation sites (tertiary alicyclic amines) is 1. The van der Waals surface area contributed by atoms with Gasteiger partial charge in [0.1, 0.15) is 0 Å². The molecule has 0 bridgehead atoms. The molecule has 0 spiro atoms. The Hall–Kier alpha value is -0.120. The van der Waals surface area contributed by atoms with Crippen molar-refractivity contribution in [1.82, 2.24) is 4.90 Å². The molecule has 3 nitrogen and oxygen atoms in total. The number of nitrogens with zero attached hydrogens (tertiary/aromatic N) is 1. The third-order valence-corrected chi connectivity index (χ3v) is 2.85. The van der Waals surface area contributed by atoms with Gasteiger partial charge in [-0.05, 0) is 33.2 Å². The van der Waals surface area contributed by atoms with Crippen LogP contribution in [0.5, 0.6) is 0 Å². The second kappa shape index (κ2) is 4.17. The summed E-state index contributed by atoms with van der Waals surface area (Å²) in [5.74, 6) is 0. The van der Waals surface area contributed by atoms with Crippen molar-refractivity contribution in [3.05, 3.63) is 0 Å². The first kappa shape index (κ1) is 12.0. The molecule has 0 aliphatic carbocycles. The summed E-state index contributed by atoms with van der Waals surface area (Å²) in [7, 11) is 0. The maximum absolute atomic E-state index is 9.71. The Kier molecular flexibility index (Phi) is 3.56. The SMILES string of the molecule is CC(C)(O)CN1CCCC(C)(CO)C1. The van der Waals surface area contributed by atoms with Crippen molar-refractivity contribution >= 4 is 0 Å². The van der Waals surface area contributed by atoms with Gasteiger partial charge in [0.15, 0.2) is 0 Å². The van der Waals surface area contributed by atoms with Crippen LogP contribution >= 0.6 is 0 Å². The van der Waals surface area contributed by atoms with E-state index in [0.29, 0.717) is 6.54 Å². The summed E-state index contributed by atoms with van der Waals surface area (Å²) in [6, 6.07) is 0. The van der Waals surface area contributed by atoms with Gasteiger partial charge in [0.05, 0.1) is 5.60 Å². The van der Waals surface area contributed by atoms with Crippen LogP contribution in [-0.4, -0.2) is 47.0 Å². The summed E-state index contributed by atoms with van der Waals surface area (Å²) in [6.07, 6.45) is 2.21. The zero-order valence-electron chi connectivity index (χ0n) is 9.58. The van der Waals surface area contributed by atoms with Crippen molar-refractivity contribution in [1.29, 1.82) is 0 Å². The van der Waals surface area contributed by atoms with E-state index in [1.807, 2.05) is 13.8 Å². The Morgan fingerprint density at radius 1 is 1.43 bits per heavy atom. The normalized spacial score (nSPS) is 30.6. The topological polar surface area (TPSA) is 43.7 Å². The highest BCUT2D eigenvalue weighted by molar-refractivity contribution is 4.85. The van der Waals surface area contributed by atoms with Crippen molar-refractivity contribution in [2.24, 2.45) is 5.41 Å². The molecule has 1 aliphatic rings. The minimum atomic E-state index is -0.631. The van der Waals surface area contributed by atoms with E-state index < -0.39 is 5.60 Å². The first-order valence-electron chi connectivity index (χ1n) is 5.40. The fourth-order valence-corrected chi connectivity index (χ4v) is 2.24. The zero-order valence-corrected chi connectivity index (χ0v) is 9.58. The lowest BCUT2D eigenvalue weighted by atomic mass is 9.82. The van der Waals surface area contributed by atoms with Crippen molar-refractivity contribution < 1.29 is 10.2 Å². The molecule has 2 N–H and O–H groups in total. The molecule has 0 aromatic carbocycles. The average Bonchev–Trinajstić information content (AvgIpc) is 2.01. The maximum Gasteiger partial charge on any atom is 0.0718 e. The van der Waals surface area contributed by atoms with Gasteiger partial charge in [0.25, 0.3) is 0 Å².